The summed E-state index contributed by atoms with van der Waals surface area (Å²) in [6.45, 7) is 0. The molecule has 1 rings (SSSR count). The second kappa shape index (κ2) is 3.34. The molecule has 0 radical (unpaired) electrons. The first-order valence-corrected chi connectivity index (χ1v) is 4.58. The van der Waals surface area contributed by atoms with Gasteiger partial charge in [-0.3, -0.25) is 4.79 Å². The number of hydrogen-bond acceptors (Lipinski definition) is 3. The number of rotatable bonds is 2. The highest BCUT2D eigenvalue weighted by atomic mass is 79.9. The van der Waals surface area contributed by atoms with E-state index < -0.39 is 11.9 Å². The zero-order valence-corrected chi connectivity index (χ0v) is 7.98. The fourth-order valence-electron chi connectivity index (χ4n) is 0.657. The van der Waals surface area contributed by atoms with Crippen molar-refractivity contribution in [2.75, 3.05) is 0 Å². The first kappa shape index (κ1) is 8.70. The second-order valence-corrected chi connectivity index (χ2v) is 3.81. The molecule has 1 atom stereocenters. The van der Waals surface area contributed by atoms with Crippen molar-refractivity contribution in [2.24, 2.45) is 11.5 Å². The van der Waals surface area contributed by atoms with Crippen LogP contribution in [0.4, 0.5) is 0 Å². The first-order valence-electron chi connectivity index (χ1n) is 2.90. The lowest BCUT2D eigenvalue weighted by atomic mass is 10.2. The van der Waals surface area contributed by atoms with Crippen molar-refractivity contribution < 1.29 is 4.79 Å². The summed E-state index contributed by atoms with van der Waals surface area (Å²) in [5.41, 5.74) is 10.5. The van der Waals surface area contributed by atoms with E-state index in [-0.39, 0.29) is 0 Å². The molecule has 0 aliphatic heterocycles. The molecule has 0 aliphatic rings. The van der Waals surface area contributed by atoms with Crippen LogP contribution in [0.3, 0.4) is 0 Å². The topological polar surface area (TPSA) is 69.1 Å². The molecule has 0 spiro atoms. The van der Waals surface area contributed by atoms with E-state index in [1.807, 2.05) is 11.4 Å². The van der Waals surface area contributed by atoms with Gasteiger partial charge in [-0.1, -0.05) is 0 Å². The van der Waals surface area contributed by atoms with Gasteiger partial charge in [0.05, 0.1) is 0 Å². The molecule has 60 valence electrons. The van der Waals surface area contributed by atoms with Crippen LogP contribution in [0.2, 0.25) is 0 Å². The Bertz CT molecular complexity index is 273. The number of hydrogen-bond donors (Lipinski definition) is 2. The zero-order valence-electron chi connectivity index (χ0n) is 5.58. The smallest absolute Gasteiger partial charge is 0.239 e. The summed E-state index contributed by atoms with van der Waals surface area (Å²) in [6, 6.07) is 1.15. The molecule has 5 heteroatoms. The maximum Gasteiger partial charge on any atom is 0.239 e. The minimum atomic E-state index is -0.690. The molecule has 0 fully saturated rings. The van der Waals surface area contributed by atoms with Gasteiger partial charge >= 0.3 is 0 Å². The summed E-state index contributed by atoms with van der Waals surface area (Å²) in [5, 5.41) is 1.85. The molecule has 1 heterocycles. The molecule has 0 saturated carbocycles. The average molecular weight is 235 g/mol. The fraction of sp³-hybridized carbons (Fsp3) is 0.167. The van der Waals surface area contributed by atoms with E-state index in [4.69, 9.17) is 11.5 Å². The number of carbonyl (C=O) groups is 1. The molecule has 1 unspecified atom stereocenters. The van der Waals surface area contributed by atoms with Gasteiger partial charge in [-0.25, -0.2) is 0 Å². The third-order valence-corrected chi connectivity index (χ3v) is 3.19. The lowest BCUT2D eigenvalue weighted by Gasteiger charge is -2.03. The Labute approximate surface area is 76.5 Å². The first-order chi connectivity index (χ1) is 5.13. The number of nitrogens with two attached hydrogens (primary N) is 2. The van der Waals surface area contributed by atoms with E-state index in [0.29, 0.717) is 0 Å². The van der Waals surface area contributed by atoms with E-state index >= 15 is 0 Å². The largest absolute Gasteiger partial charge is 0.368 e. The molecule has 11 heavy (non-hydrogen) atoms. The molecule has 0 aromatic carbocycles. The van der Waals surface area contributed by atoms with Gasteiger partial charge in [0.1, 0.15) is 6.04 Å². The average Bonchev–Trinajstić information content (AvgIpc) is 2.33. The Morgan fingerprint density at radius 3 is 2.73 bits per heavy atom. The number of carbonyl (C=O) groups excluding carboxylic acids is 1. The molecule has 3 nitrogen and oxygen atoms in total. The Morgan fingerprint density at radius 2 is 2.36 bits per heavy atom. The van der Waals surface area contributed by atoms with Gasteiger partial charge in [0, 0.05) is 9.35 Å². The van der Waals surface area contributed by atoms with Crippen LogP contribution < -0.4 is 11.5 Å². The second-order valence-electron chi connectivity index (χ2n) is 2.01. The summed E-state index contributed by atoms with van der Waals surface area (Å²) >= 11 is 4.67. The van der Waals surface area contributed by atoms with Gasteiger partial charge < -0.3 is 11.5 Å². The van der Waals surface area contributed by atoms with Crippen LogP contribution in [0.1, 0.15) is 10.9 Å². The number of thiophene rings is 1. The summed E-state index contributed by atoms with van der Waals surface area (Å²) in [7, 11) is 0. The highest BCUT2D eigenvalue weighted by Crippen LogP contribution is 2.27. The van der Waals surface area contributed by atoms with Crippen LogP contribution in [-0.2, 0) is 4.79 Å². The summed E-state index contributed by atoms with van der Waals surface area (Å²) in [6.07, 6.45) is 0. The normalized spacial score (nSPS) is 12.9. The molecule has 1 amide bonds. The van der Waals surface area contributed by atoms with Gasteiger partial charge in [0.25, 0.3) is 0 Å². The minimum absolute atomic E-state index is 0.506. The standard InChI is InChI=1S/C6H7BrN2OS/c7-3-1-2-11-5(3)4(8)6(9)10/h1-2,4H,8H2,(H2,9,10). The third-order valence-electron chi connectivity index (χ3n) is 1.23. The zero-order chi connectivity index (χ0) is 8.43. The minimum Gasteiger partial charge on any atom is -0.368 e. The SMILES string of the molecule is NC(=O)C(N)c1sccc1Br. The molecule has 0 aliphatic carbocycles. The van der Waals surface area contributed by atoms with E-state index in [0.717, 1.165) is 9.35 Å². The Kier molecular flexibility index (Phi) is 2.64. The van der Waals surface area contributed by atoms with E-state index in [1.54, 1.807) is 0 Å². The van der Waals surface area contributed by atoms with E-state index in [9.17, 15) is 4.79 Å². The van der Waals surface area contributed by atoms with Crippen molar-refractivity contribution in [3.05, 3.63) is 20.8 Å². The lowest BCUT2D eigenvalue weighted by Crippen LogP contribution is -2.27. The molecule has 4 N–H and O–H groups in total. The van der Waals surface area contributed by atoms with Gasteiger partial charge in [-0.2, -0.15) is 0 Å². The molecule has 1 aromatic heterocycles. The van der Waals surface area contributed by atoms with Crippen molar-refractivity contribution in [2.45, 2.75) is 6.04 Å². The predicted octanol–water partition coefficient (Wildman–Crippen LogP) is 0.996. The molecule has 1 aromatic rings. The van der Waals surface area contributed by atoms with Crippen LogP contribution in [0.15, 0.2) is 15.9 Å². The fourth-order valence-corrected chi connectivity index (χ4v) is 2.28. The molecular formula is C6H7BrN2OS. The van der Waals surface area contributed by atoms with Crippen LogP contribution in [0, 0.1) is 0 Å². The summed E-state index contributed by atoms with van der Waals surface area (Å²) < 4.78 is 0.841. The maximum atomic E-state index is 10.6. The molecule has 0 saturated heterocycles. The van der Waals surface area contributed by atoms with Crippen LogP contribution in [-0.4, -0.2) is 5.91 Å². The number of primary amides is 1. The lowest BCUT2D eigenvalue weighted by molar-refractivity contribution is -0.119. The number of amides is 1. The maximum absolute atomic E-state index is 10.6. The van der Waals surface area contributed by atoms with Crippen molar-refractivity contribution in [3.63, 3.8) is 0 Å². The van der Waals surface area contributed by atoms with Gasteiger partial charge in [-0.15, -0.1) is 11.3 Å². The van der Waals surface area contributed by atoms with E-state index in [2.05, 4.69) is 15.9 Å². The van der Waals surface area contributed by atoms with E-state index in [1.165, 1.54) is 11.3 Å². The highest BCUT2D eigenvalue weighted by Gasteiger charge is 2.15. The van der Waals surface area contributed by atoms with Crippen LogP contribution >= 0.6 is 27.3 Å². The van der Waals surface area contributed by atoms with Crippen molar-refractivity contribution in [1.82, 2.24) is 0 Å². The van der Waals surface area contributed by atoms with Crippen molar-refractivity contribution in [1.29, 1.82) is 0 Å². The van der Waals surface area contributed by atoms with Gasteiger partial charge in [0.2, 0.25) is 5.91 Å². The summed E-state index contributed by atoms with van der Waals surface area (Å²) in [5.74, 6) is -0.506. The third kappa shape index (κ3) is 1.79. The Hall–Kier alpha value is -0.390. The summed E-state index contributed by atoms with van der Waals surface area (Å²) in [4.78, 5) is 11.4. The molecular weight excluding hydrogens is 228 g/mol. The van der Waals surface area contributed by atoms with Crippen LogP contribution in [0.5, 0.6) is 0 Å². The van der Waals surface area contributed by atoms with Gasteiger partial charge in [0.15, 0.2) is 0 Å². The quantitative estimate of drug-likeness (QED) is 0.802. The van der Waals surface area contributed by atoms with Gasteiger partial charge in [-0.05, 0) is 27.4 Å². The van der Waals surface area contributed by atoms with Crippen molar-refractivity contribution in [3.8, 4) is 0 Å². The van der Waals surface area contributed by atoms with Crippen LogP contribution in [0.25, 0.3) is 0 Å². The number of halogens is 1. The Morgan fingerprint density at radius 1 is 1.73 bits per heavy atom. The molecule has 0 bridgehead atoms. The monoisotopic (exact) mass is 234 g/mol. The highest BCUT2D eigenvalue weighted by molar-refractivity contribution is 9.10. The predicted molar refractivity (Wildman–Crippen MR) is 48.1 cm³/mol. The van der Waals surface area contributed by atoms with Crippen molar-refractivity contribution >= 4 is 33.2 Å². The Balaban J connectivity index is 2.92.